The van der Waals surface area contributed by atoms with Crippen molar-refractivity contribution < 1.29 is 0 Å². The fraction of sp³-hybridized carbons (Fsp3) is 0. The summed E-state index contributed by atoms with van der Waals surface area (Å²) >= 11 is 15.7. The van der Waals surface area contributed by atoms with E-state index in [0.29, 0.717) is 21.7 Å². The molecule has 1 heterocycles. The smallest absolute Gasteiger partial charge is 0.205 e. The van der Waals surface area contributed by atoms with E-state index in [9.17, 15) is 0 Å². The Balaban J connectivity index is 2.39. The lowest BCUT2D eigenvalue weighted by Gasteiger charge is -2.09. The van der Waals surface area contributed by atoms with Gasteiger partial charge in [-0.15, -0.1) is 0 Å². The first-order chi connectivity index (χ1) is 9.08. The lowest BCUT2D eigenvalue weighted by atomic mass is 10.3. The van der Waals surface area contributed by atoms with Crippen LogP contribution in [0.2, 0.25) is 10.0 Å². The van der Waals surface area contributed by atoms with Gasteiger partial charge in [-0.3, -0.25) is 4.57 Å². The zero-order valence-electron chi connectivity index (χ0n) is 9.57. The van der Waals surface area contributed by atoms with Crippen molar-refractivity contribution in [3.05, 3.63) is 50.9 Å². The Kier molecular flexibility index (Phi) is 3.17. The molecule has 0 fully saturated rings. The molecule has 1 aromatic heterocycles. The van der Waals surface area contributed by atoms with Gasteiger partial charge in [0.25, 0.3) is 0 Å². The number of nitrogens with zero attached hydrogens (tertiary/aromatic N) is 2. The molecular formula is C13H8BrCl2N3. The average molecular weight is 357 g/mol. The summed E-state index contributed by atoms with van der Waals surface area (Å²) in [6.07, 6.45) is 0. The Labute approximate surface area is 128 Å². The maximum Gasteiger partial charge on any atom is 0.205 e. The third-order valence-electron chi connectivity index (χ3n) is 2.81. The lowest BCUT2D eigenvalue weighted by molar-refractivity contribution is 1.11. The van der Waals surface area contributed by atoms with E-state index in [4.69, 9.17) is 28.9 Å². The number of hydrogen-bond acceptors (Lipinski definition) is 2. The van der Waals surface area contributed by atoms with E-state index in [2.05, 4.69) is 20.9 Å². The molecule has 0 aliphatic heterocycles. The highest BCUT2D eigenvalue weighted by atomic mass is 79.9. The Bertz CT molecular complexity index is 783. The number of benzene rings is 2. The number of anilines is 1. The van der Waals surface area contributed by atoms with E-state index in [1.807, 2.05) is 30.3 Å². The molecule has 3 nitrogen and oxygen atoms in total. The second-order valence-corrected chi connectivity index (χ2v) is 5.71. The number of nitrogens with two attached hydrogens (primary N) is 1. The Morgan fingerprint density at radius 3 is 2.74 bits per heavy atom. The summed E-state index contributed by atoms with van der Waals surface area (Å²) in [4.78, 5) is 4.32. The molecule has 0 radical (unpaired) electrons. The van der Waals surface area contributed by atoms with Gasteiger partial charge in [0.05, 0.1) is 26.8 Å². The van der Waals surface area contributed by atoms with Crippen molar-refractivity contribution >= 4 is 56.1 Å². The molecule has 2 N–H and O–H groups in total. The van der Waals surface area contributed by atoms with Gasteiger partial charge in [0, 0.05) is 4.47 Å². The average Bonchev–Trinajstić information content (AvgIpc) is 2.69. The monoisotopic (exact) mass is 355 g/mol. The number of nitrogen functional groups attached to an aromatic ring is 1. The summed E-state index contributed by atoms with van der Waals surface area (Å²) in [5, 5.41) is 0.936. The second-order valence-electron chi connectivity index (χ2n) is 4.01. The highest BCUT2D eigenvalue weighted by Crippen LogP contribution is 2.33. The molecule has 6 heteroatoms. The van der Waals surface area contributed by atoms with Crippen LogP contribution in [0.3, 0.4) is 0 Å². The van der Waals surface area contributed by atoms with Gasteiger partial charge >= 0.3 is 0 Å². The van der Waals surface area contributed by atoms with E-state index in [1.165, 1.54) is 0 Å². The first-order valence-electron chi connectivity index (χ1n) is 5.46. The van der Waals surface area contributed by atoms with Crippen LogP contribution in [-0.4, -0.2) is 9.55 Å². The van der Waals surface area contributed by atoms with Crippen molar-refractivity contribution in [2.75, 3.05) is 5.73 Å². The molecule has 2 aromatic carbocycles. The number of rotatable bonds is 1. The predicted molar refractivity (Wildman–Crippen MR) is 83.2 cm³/mol. The van der Waals surface area contributed by atoms with Crippen molar-refractivity contribution in [2.24, 2.45) is 0 Å². The SMILES string of the molecule is Nc1nc2ccc(Br)cc2n1-c1cccc(Cl)c1Cl. The number of hydrogen-bond donors (Lipinski definition) is 1. The lowest BCUT2D eigenvalue weighted by Crippen LogP contribution is -2.01. The van der Waals surface area contributed by atoms with Gasteiger partial charge < -0.3 is 5.73 Å². The molecule has 0 atom stereocenters. The van der Waals surface area contributed by atoms with Gasteiger partial charge in [-0.25, -0.2) is 4.98 Å². The molecule has 0 unspecified atom stereocenters. The first kappa shape index (κ1) is 12.8. The van der Waals surface area contributed by atoms with Gasteiger partial charge in [0.1, 0.15) is 0 Å². The molecule has 19 heavy (non-hydrogen) atoms. The fourth-order valence-corrected chi connectivity index (χ4v) is 2.71. The van der Waals surface area contributed by atoms with E-state index >= 15 is 0 Å². The van der Waals surface area contributed by atoms with Crippen LogP contribution in [-0.2, 0) is 0 Å². The molecule has 3 rings (SSSR count). The minimum absolute atomic E-state index is 0.372. The summed E-state index contributed by atoms with van der Waals surface area (Å²) in [6.45, 7) is 0. The third-order valence-corrected chi connectivity index (χ3v) is 4.12. The van der Waals surface area contributed by atoms with Crippen LogP contribution in [0.4, 0.5) is 5.95 Å². The Morgan fingerprint density at radius 2 is 1.95 bits per heavy atom. The number of halogens is 3. The summed E-state index contributed by atoms with van der Waals surface area (Å²) in [6, 6.07) is 11.2. The first-order valence-corrected chi connectivity index (χ1v) is 7.00. The third kappa shape index (κ3) is 2.10. The molecule has 0 saturated carbocycles. The molecule has 0 aliphatic carbocycles. The molecule has 3 aromatic rings. The summed E-state index contributed by atoms with van der Waals surface area (Å²) in [7, 11) is 0. The molecule has 0 amide bonds. The van der Waals surface area contributed by atoms with E-state index in [0.717, 1.165) is 15.5 Å². The maximum atomic E-state index is 6.25. The van der Waals surface area contributed by atoms with Crippen LogP contribution in [0.5, 0.6) is 0 Å². The number of imidazole rings is 1. The van der Waals surface area contributed by atoms with Crippen LogP contribution in [0.15, 0.2) is 40.9 Å². The fourth-order valence-electron chi connectivity index (χ4n) is 1.99. The highest BCUT2D eigenvalue weighted by molar-refractivity contribution is 9.10. The zero-order chi connectivity index (χ0) is 13.6. The van der Waals surface area contributed by atoms with Crippen LogP contribution < -0.4 is 5.73 Å². The molecule has 0 aliphatic rings. The summed E-state index contributed by atoms with van der Waals surface area (Å²) in [5.74, 6) is 0.372. The molecule has 96 valence electrons. The normalized spacial score (nSPS) is 11.1. The van der Waals surface area contributed by atoms with Gasteiger partial charge in [-0.1, -0.05) is 45.2 Å². The van der Waals surface area contributed by atoms with Crippen molar-refractivity contribution in [2.45, 2.75) is 0 Å². The van der Waals surface area contributed by atoms with Gasteiger partial charge in [0.2, 0.25) is 5.95 Å². The molecular weight excluding hydrogens is 349 g/mol. The second kappa shape index (κ2) is 4.71. The Hall–Kier alpha value is -1.23. The van der Waals surface area contributed by atoms with Gasteiger partial charge in [0.15, 0.2) is 0 Å². The standard InChI is InChI=1S/C13H8BrCl2N3/c14-7-4-5-9-11(6-7)19(13(17)18-9)10-3-1-2-8(15)12(10)16/h1-6H,(H2,17,18). The van der Waals surface area contributed by atoms with Crippen LogP contribution >= 0.6 is 39.1 Å². The van der Waals surface area contributed by atoms with Crippen molar-refractivity contribution in [3.63, 3.8) is 0 Å². The van der Waals surface area contributed by atoms with E-state index < -0.39 is 0 Å². The van der Waals surface area contributed by atoms with Crippen molar-refractivity contribution in [1.29, 1.82) is 0 Å². The number of aromatic nitrogens is 2. The van der Waals surface area contributed by atoms with Crippen LogP contribution in [0.25, 0.3) is 16.7 Å². The Morgan fingerprint density at radius 1 is 1.16 bits per heavy atom. The summed E-state index contributed by atoms with van der Waals surface area (Å²) in [5.41, 5.74) is 8.38. The van der Waals surface area contributed by atoms with Crippen LogP contribution in [0, 0.1) is 0 Å². The van der Waals surface area contributed by atoms with E-state index in [1.54, 1.807) is 10.6 Å². The minimum Gasteiger partial charge on any atom is -0.369 e. The predicted octanol–water partition coefficient (Wildman–Crippen LogP) is 4.68. The van der Waals surface area contributed by atoms with E-state index in [-0.39, 0.29) is 0 Å². The maximum absolute atomic E-state index is 6.25. The number of fused-ring (bicyclic) bond motifs is 1. The molecule has 0 spiro atoms. The quantitative estimate of drug-likeness (QED) is 0.688. The van der Waals surface area contributed by atoms with Gasteiger partial charge in [-0.05, 0) is 30.3 Å². The zero-order valence-corrected chi connectivity index (χ0v) is 12.7. The van der Waals surface area contributed by atoms with Crippen molar-refractivity contribution in [1.82, 2.24) is 9.55 Å². The minimum atomic E-state index is 0.372. The van der Waals surface area contributed by atoms with Gasteiger partial charge in [-0.2, -0.15) is 0 Å². The molecule has 0 saturated heterocycles. The topological polar surface area (TPSA) is 43.8 Å². The molecule has 0 bridgehead atoms. The van der Waals surface area contributed by atoms with Crippen LogP contribution in [0.1, 0.15) is 0 Å². The highest BCUT2D eigenvalue weighted by Gasteiger charge is 2.14. The largest absolute Gasteiger partial charge is 0.369 e. The summed E-state index contributed by atoms with van der Waals surface area (Å²) < 4.78 is 2.73. The van der Waals surface area contributed by atoms with Crippen molar-refractivity contribution in [3.8, 4) is 5.69 Å².